The monoisotopic (exact) mass is 460 g/mol. The van der Waals surface area contributed by atoms with Gasteiger partial charge in [-0.2, -0.15) is 0 Å². The molecule has 3 aliphatic heterocycles. The van der Waals surface area contributed by atoms with Crippen molar-refractivity contribution in [2.75, 3.05) is 4.90 Å². The van der Waals surface area contributed by atoms with Crippen LogP contribution in [-0.4, -0.2) is 28.5 Å². The number of Topliss-reactive ketones (excluding diaryl/α,β-unsaturated/α-hetero) is 1. The van der Waals surface area contributed by atoms with E-state index in [4.69, 9.17) is 11.6 Å². The van der Waals surface area contributed by atoms with Gasteiger partial charge in [0.25, 0.3) is 0 Å². The van der Waals surface area contributed by atoms with Crippen LogP contribution in [0, 0.1) is 11.8 Å². The highest BCUT2D eigenvalue weighted by Crippen LogP contribution is 2.53. The molecule has 0 bridgehead atoms. The molecule has 3 aliphatic rings. The van der Waals surface area contributed by atoms with Gasteiger partial charge in [-0.15, -0.1) is 11.3 Å². The SMILES string of the molecule is O=C(c1cccs1)[C@@H]1[C@@H]2C(=O)N(c3ccc(Cl)cc3)C(=O)[C@H]2[C@@H]2c3ccccc3C=CN12. The number of nitrogens with zero attached hydrogens (tertiary/aromatic N) is 2. The maximum absolute atomic E-state index is 13.7. The number of fused-ring (bicyclic) bond motifs is 5. The molecule has 0 N–H and O–H groups in total. The quantitative estimate of drug-likeness (QED) is 0.416. The Kier molecular flexibility index (Phi) is 4.35. The fourth-order valence-electron chi connectivity index (χ4n) is 5.27. The Hall–Kier alpha value is -3.22. The molecule has 0 spiro atoms. The highest BCUT2D eigenvalue weighted by atomic mass is 35.5. The van der Waals surface area contributed by atoms with Crippen LogP contribution in [0.3, 0.4) is 0 Å². The number of anilines is 1. The predicted molar refractivity (Wildman–Crippen MR) is 123 cm³/mol. The molecular formula is C25H17ClN2O3S. The molecule has 2 aromatic carbocycles. The van der Waals surface area contributed by atoms with Crippen LogP contribution in [-0.2, 0) is 9.59 Å². The summed E-state index contributed by atoms with van der Waals surface area (Å²) in [5, 5.41) is 2.37. The molecule has 4 atom stereocenters. The minimum atomic E-state index is -0.756. The minimum Gasteiger partial charge on any atom is -0.358 e. The van der Waals surface area contributed by atoms with Gasteiger partial charge in [0.1, 0.15) is 6.04 Å². The van der Waals surface area contributed by atoms with Crippen LogP contribution < -0.4 is 4.90 Å². The van der Waals surface area contributed by atoms with Crippen molar-refractivity contribution < 1.29 is 14.4 Å². The number of hydrogen-bond donors (Lipinski definition) is 0. The van der Waals surface area contributed by atoms with E-state index in [-0.39, 0.29) is 23.6 Å². The zero-order valence-corrected chi connectivity index (χ0v) is 18.3. The first kappa shape index (κ1) is 19.5. The standard InChI is InChI=1S/C25H17ClN2O3S/c26-15-7-9-16(10-8-15)28-24(30)19-20(25(28)31)22(23(29)18-6-3-13-32-18)27-12-11-14-4-1-2-5-17(14)21(19)27/h1-13,19-22H/t19-,20-,21+,22+/m1/s1. The molecule has 7 heteroatoms. The molecular weight excluding hydrogens is 444 g/mol. The first-order chi connectivity index (χ1) is 15.6. The Labute approximate surface area is 193 Å². The second kappa shape index (κ2) is 7.15. The molecule has 158 valence electrons. The largest absolute Gasteiger partial charge is 0.358 e. The van der Waals surface area contributed by atoms with Crippen molar-refractivity contribution in [3.8, 4) is 0 Å². The number of thiophene rings is 1. The number of hydrogen-bond acceptors (Lipinski definition) is 5. The Morgan fingerprint density at radius 2 is 1.66 bits per heavy atom. The number of amides is 2. The van der Waals surface area contributed by atoms with Crippen molar-refractivity contribution in [2.24, 2.45) is 11.8 Å². The van der Waals surface area contributed by atoms with Gasteiger partial charge in [-0.25, -0.2) is 4.90 Å². The van der Waals surface area contributed by atoms with E-state index in [9.17, 15) is 14.4 Å². The van der Waals surface area contributed by atoms with Crippen molar-refractivity contribution in [2.45, 2.75) is 12.1 Å². The Morgan fingerprint density at radius 1 is 0.906 bits per heavy atom. The van der Waals surface area contributed by atoms with Gasteiger partial charge in [-0.05, 0) is 52.9 Å². The van der Waals surface area contributed by atoms with E-state index in [1.807, 2.05) is 52.9 Å². The third kappa shape index (κ3) is 2.66. The van der Waals surface area contributed by atoms with Crippen molar-refractivity contribution in [1.82, 2.24) is 4.90 Å². The minimum absolute atomic E-state index is 0.124. The third-order valence-electron chi connectivity index (χ3n) is 6.58. The molecule has 0 aliphatic carbocycles. The van der Waals surface area contributed by atoms with Crippen molar-refractivity contribution in [1.29, 1.82) is 0 Å². The van der Waals surface area contributed by atoms with Gasteiger partial charge >= 0.3 is 0 Å². The molecule has 5 nitrogen and oxygen atoms in total. The molecule has 0 radical (unpaired) electrons. The number of carbonyl (C=O) groups excluding carboxylic acids is 3. The van der Waals surface area contributed by atoms with Crippen LogP contribution >= 0.6 is 22.9 Å². The maximum Gasteiger partial charge on any atom is 0.240 e. The fourth-order valence-corrected chi connectivity index (χ4v) is 6.09. The van der Waals surface area contributed by atoms with E-state index >= 15 is 0 Å². The zero-order chi connectivity index (χ0) is 22.0. The first-order valence-corrected chi connectivity index (χ1v) is 11.6. The Morgan fingerprint density at radius 3 is 2.41 bits per heavy atom. The van der Waals surface area contributed by atoms with E-state index in [0.717, 1.165) is 11.1 Å². The summed E-state index contributed by atoms with van der Waals surface area (Å²) in [5.74, 6) is -2.13. The number of halogens is 1. The average Bonchev–Trinajstić information content (AvgIpc) is 3.51. The Balaban J connectivity index is 1.50. The summed E-state index contributed by atoms with van der Waals surface area (Å²) >= 11 is 7.36. The Bertz CT molecular complexity index is 1280. The summed E-state index contributed by atoms with van der Waals surface area (Å²) in [6.07, 6.45) is 3.82. The van der Waals surface area contributed by atoms with Crippen molar-refractivity contribution in [3.05, 3.63) is 93.3 Å². The average molecular weight is 461 g/mol. The molecule has 32 heavy (non-hydrogen) atoms. The topological polar surface area (TPSA) is 57.7 Å². The van der Waals surface area contributed by atoms with E-state index in [1.165, 1.54) is 16.2 Å². The number of imide groups is 1. The summed E-state index contributed by atoms with van der Waals surface area (Å²) in [7, 11) is 0. The molecule has 0 unspecified atom stereocenters. The lowest BCUT2D eigenvalue weighted by Gasteiger charge is -2.35. The summed E-state index contributed by atoms with van der Waals surface area (Å²) in [6.45, 7) is 0. The highest BCUT2D eigenvalue weighted by Gasteiger charge is 2.64. The van der Waals surface area contributed by atoms with Crippen molar-refractivity contribution in [3.63, 3.8) is 0 Å². The first-order valence-electron chi connectivity index (χ1n) is 10.3. The van der Waals surface area contributed by atoms with Crippen LogP contribution in [0.25, 0.3) is 6.08 Å². The lowest BCUT2D eigenvalue weighted by atomic mass is 9.84. The predicted octanol–water partition coefficient (Wildman–Crippen LogP) is 4.80. The molecule has 2 fully saturated rings. The molecule has 4 heterocycles. The normalized spacial score (nSPS) is 25.7. The lowest BCUT2D eigenvalue weighted by molar-refractivity contribution is -0.123. The van der Waals surface area contributed by atoms with Gasteiger partial charge in [0, 0.05) is 11.2 Å². The molecule has 1 aromatic heterocycles. The zero-order valence-electron chi connectivity index (χ0n) is 16.7. The fraction of sp³-hybridized carbons (Fsp3) is 0.160. The summed E-state index contributed by atoms with van der Waals surface area (Å²) in [6, 6.07) is 17.0. The molecule has 2 saturated heterocycles. The summed E-state index contributed by atoms with van der Waals surface area (Å²) in [5.41, 5.74) is 2.44. The second-order valence-electron chi connectivity index (χ2n) is 8.16. The van der Waals surface area contributed by atoms with Crippen LogP contribution in [0.5, 0.6) is 0 Å². The van der Waals surface area contributed by atoms with Crippen LogP contribution in [0.4, 0.5) is 5.69 Å². The highest BCUT2D eigenvalue weighted by molar-refractivity contribution is 7.12. The molecule has 0 saturated carbocycles. The van der Waals surface area contributed by atoms with Gasteiger partial charge in [-0.3, -0.25) is 14.4 Å². The number of carbonyl (C=O) groups is 3. The molecule has 3 aromatic rings. The van der Waals surface area contributed by atoms with Gasteiger partial charge in [0.05, 0.1) is 28.4 Å². The van der Waals surface area contributed by atoms with Gasteiger partial charge in [-0.1, -0.05) is 41.9 Å². The summed E-state index contributed by atoms with van der Waals surface area (Å²) in [4.78, 5) is 44.8. The number of ketones is 1. The smallest absolute Gasteiger partial charge is 0.240 e. The molecule has 2 amide bonds. The van der Waals surface area contributed by atoms with Crippen molar-refractivity contribution >= 4 is 52.3 Å². The molecule has 6 rings (SSSR count). The maximum atomic E-state index is 13.7. The van der Waals surface area contributed by atoms with Gasteiger partial charge in [0.2, 0.25) is 11.8 Å². The van der Waals surface area contributed by atoms with Crippen LogP contribution in [0.2, 0.25) is 5.02 Å². The summed E-state index contributed by atoms with van der Waals surface area (Å²) < 4.78 is 0. The number of benzene rings is 2. The van der Waals surface area contributed by atoms with Gasteiger partial charge < -0.3 is 4.90 Å². The van der Waals surface area contributed by atoms with Crippen LogP contribution in [0.15, 0.2) is 72.2 Å². The third-order valence-corrected chi connectivity index (χ3v) is 7.72. The number of rotatable bonds is 3. The van der Waals surface area contributed by atoms with E-state index in [2.05, 4.69) is 0 Å². The lowest BCUT2D eigenvalue weighted by Crippen LogP contribution is -2.44. The van der Waals surface area contributed by atoms with Gasteiger partial charge in [0.15, 0.2) is 5.78 Å². The van der Waals surface area contributed by atoms with E-state index < -0.39 is 17.9 Å². The van der Waals surface area contributed by atoms with E-state index in [1.54, 1.807) is 30.3 Å². The van der Waals surface area contributed by atoms with E-state index in [0.29, 0.717) is 15.6 Å². The second-order valence-corrected chi connectivity index (χ2v) is 9.55. The van der Waals surface area contributed by atoms with Crippen LogP contribution in [0.1, 0.15) is 26.8 Å².